The third kappa shape index (κ3) is 5.42. The van der Waals surface area contributed by atoms with E-state index in [0.717, 1.165) is 48.1 Å². The van der Waals surface area contributed by atoms with Gasteiger partial charge in [0.05, 0.1) is 23.7 Å². The lowest BCUT2D eigenvalue weighted by Gasteiger charge is -2.23. The molecule has 0 spiro atoms. The fourth-order valence-corrected chi connectivity index (χ4v) is 3.52. The van der Waals surface area contributed by atoms with Crippen molar-refractivity contribution in [2.45, 2.75) is 38.3 Å². The Morgan fingerprint density at radius 1 is 1.32 bits per heavy atom. The maximum absolute atomic E-state index is 12.7. The lowest BCUT2D eigenvalue weighted by molar-refractivity contribution is -0.137. The third-order valence-corrected chi connectivity index (χ3v) is 4.85. The summed E-state index contributed by atoms with van der Waals surface area (Å²) in [5.74, 6) is 0. The summed E-state index contributed by atoms with van der Waals surface area (Å²) >= 11 is 1.51. The molecule has 0 bridgehead atoms. The lowest BCUT2D eigenvalue weighted by atomic mass is 10.1. The summed E-state index contributed by atoms with van der Waals surface area (Å²) in [6, 6.07) is 5.60. The van der Waals surface area contributed by atoms with Crippen LogP contribution in [0.15, 0.2) is 30.5 Å². The van der Waals surface area contributed by atoms with Crippen molar-refractivity contribution in [2.24, 2.45) is 0 Å². The molecule has 1 aliphatic heterocycles. The van der Waals surface area contributed by atoms with Crippen LogP contribution in [0.1, 0.15) is 28.8 Å². The predicted octanol–water partition coefficient (Wildman–Crippen LogP) is 4.04. The molecule has 25 heavy (non-hydrogen) atoms. The van der Waals surface area contributed by atoms with E-state index in [-0.39, 0.29) is 6.61 Å². The van der Waals surface area contributed by atoms with E-state index in [1.165, 1.54) is 17.4 Å². The number of nitrogens with zero attached hydrogens (tertiary/aromatic N) is 1. The van der Waals surface area contributed by atoms with Crippen LogP contribution in [0.4, 0.5) is 18.3 Å². The number of thiazole rings is 1. The van der Waals surface area contributed by atoms with E-state index in [9.17, 15) is 13.2 Å². The topological polar surface area (TPSA) is 46.2 Å². The summed E-state index contributed by atoms with van der Waals surface area (Å²) in [7, 11) is 0. The van der Waals surface area contributed by atoms with Crippen LogP contribution < -0.4 is 10.6 Å². The minimum absolute atomic E-state index is 0.136. The predicted molar refractivity (Wildman–Crippen MR) is 91.6 cm³/mol. The van der Waals surface area contributed by atoms with E-state index in [1.807, 2.05) is 0 Å². The first-order valence-corrected chi connectivity index (χ1v) is 8.98. The quantitative estimate of drug-likeness (QED) is 0.804. The Morgan fingerprint density at radius 2 is 2.20 bits per heavy atom. The molecule has 1 fully saturated rings. The van der Waals surface area contributed by atoms with Crippen LogP contribution in [0.2, 0.25) is 0 Å². The first-order valence-electron chi connectivity index (χ1n) is 8.16. The monoisotopic (exact) mass is 371 g/mol. The zero-order valence-corrected chi connectivity index (χ0v) is 14.4. The van der Waals surface area contributed by atoms with Crippen LogP contribution in [0.25, 0.3) is 0 Å². The molecule has 0 aliphatic carbocycles. The highest BCUT2D eigenvalue weighted by Gasteiger charge is 2.30. The zero-order chi connectivity index (χ0) is 17.7. The van der Waals surface area contributed by atoms with Gasteiger partial charge in [-0.1, -0.05) is 23.5 Å². The number of benzene rings is 1. The van der Waals surface area contributed by atoms with E-state index in [2.05, 4.69) is 15.6 Å². The van der Waals surface area contributed by atoms with E-state index >= 15 is 0 Å². The molecule has 1 aromatic heterocycles. The smallest absolute Gasteiger partial charge is 0.371 e. The second kappa shape index (κ2) is 8.16. The summed E-state index contributed by atoms with van der Waals surface area (Å²) in [5, 5.41) is 7.59. The van der Waals surface area contributed by atoms with Crippen LogP contribution in [-0.4, -0.2) is 24.1 Å². The van der Waals surface area contributed by atoms with Gasteiger partial charge in [0.2, 0.25) is 0 Å². The second-order valence-electron chi connectivity index (χ2n) is 6.01. The third-order valence-electron chi connectivity index (χ3n) is 3.95. The van der Waals surface area contributed by atoms with Gasteiger partial charge in [0.25, 0.3) is 0 Å². The summed E-state index contributed by atoms with van der Waals surface area (Å²) < 4.78 is 43.6. The van der Waals surface area contributed by atoms with Gasteiger partial charge in [0, 0.05) is 18.8 Å². The molecule has 136 valence electrons. The van der Waals surface area contributed by atoms with Crippen LogP contribution in [0, 0.1) is 0 Å². The molecule has 2 heterocycles. The standard InChI is InChI=1S/C17H20F3N3OS/c18-17(19,20)13-4-1-3-12(7-13)10-24-11-15-9-22-16(25-15)23-14-5-2-6-21-8-14/h1,3-4,7,9,14,21H,2,5-6,8,10-11H2,(H,22,23)/t14-/m1/s1. The van der Waals surface area contributed by atoms with Crippen molar-refractivity contribution < 1.29 is 17.9 Å². The van der Waals surface area contributed by atoms with Gasteiger partial charge in [0.15, 0.2) is 5.13 Å². The van der Waals surface area contributed by atoms with Gasteiger partial charge in [-0.15, -0.1) is 0 Å². The number of nitrogens with one attached hydrogen (secondary N) is 2. The van der Waals surface area contributed by atoms with Crippen molar-refractivity contribution in [3.8, 4) is 0 Å². The van der Waals surface area contributed by atoms with E-state index in [1.54, 1.807) is 12.3 Å². The van der Waals surface area contributed by atoms with Crippen molar-refractivity contribution in [3.05, 3.63) is 46.5 Å². The molecule has 2 N–H and O–H groups in total. The van der Waals surface area contributed by atoms with Crippen molar-refractivity contribution in [1.82, 2.24) is 10.3 Å². The summed E-state index contributed by atoms with van der Waals surface area (Å²) in [4.78, 5) is 5.28. The highest BCUT2D eigenvalue weighted by Crippen LogP contribution is 2.29. The largest absolute Gasteiger partial charge is 0.416 e. The SMILES string of the molecule is FC(F)(F)c1cccc(COCc2cnc(N[C@@H]3CCCNC3)s2)c1. The molecule has 3 rings (SSSR count). The first-order chi connectivity index (χ1) is 12.0. The van der Waals surface area contributed by atoms with Crippen molar-refractivity contribution in [3.63, 3.8) is 0 Å². The highest BCUT2D eigenvalue weighted by molar-refractivity contribution is 7.15. The number of piperidine rings is 1. The van der Waals surface area contributed by atoms with Crippen LogP contribution >= 0.6 is 11.3 Å². The highest BCUT2D eigenvalue weighted by atomic mass is 32.1. The molecule has 1 aromatic carbocycles. The Morgan fingerprint density at radius 3 is 2.96 bits per heavy atom. The Kier molecular flexibility index (Phi) is 5.93. The number of hydrogen-bond donors (Lipinski definition) is 2. The molecule has 8 heteroatoms. The Labute approximate surface area is 148 Å². The van der Waals surface area contributed by atoms with E-state index < -0.39 is 11.7 Å². The summed E-state index contributed by atoms with van der Waals surface area (Å²) in [6.07, 6.45) is -0.318. The number of halogens is 3. The number of ether oxygens (including phenoxy) is 1. The number of alkyl halides is 3. The molecule has 1 aliphatic rings. The molecule has 1 saturated heterocycles. The van der Waals surface area contributed by atoms with Gasteiger partial charge >= 0.3 is 6.18 Å². The fourth-order valence-electron chi connectivity index (χ4n) is 2.70. The maximum atomic E-state index is 12.7. The molecule has 0 unspecified atom stereocenters. The average molecular weight is 371 g/mol. The minimum atomic E-state index is -4.33. The van der Waals surface area contributed by atoms with Crippen LogP contribution in [0.3, 0.4) is 0 Å². The normalized spacial score (nSPS) is 18.3. The van der Waals surface area contributed by atoms with Crippen molar-refractivity contribution in [2.75, 3.05) is 18.4 Å². The van der Waals surface area contributed by atoms with Gasteiger partial charge in [-0.3, -0.25) is 0 Å². The zero-order valence-electron chi connectivity index (χ0n) is 13.6. The van der Waals surface area contributed by atoms with Gasteiger partial charge < -0.3 is 15.4 Å². The first kappa shape index (κ1) is 18.2. The van der Waals surface area contributed by atoms with Gasteiger partial charge in [-0.2, -0.15) is 13.2 Å². The fraction of sp³-hybridized carbons (Fsp3) is 0.471. The number of hydrogen-bond acceptors (Lipinski definition) is 5. The minimum Gasteiger partial charge on any atom is -0.371 e. The molecule has 2 aromatic rings. The number of aromatic nitrogens is 1. The number of anilines is 1. The van der Waals surface area contributed by atoms with Gasteiger partial charge in [0.1, 0.15) is 0 Å². The average Bonchev–Trinajstić information content (AvgIpc) is 3.03. The van der Waals surface area contributed by atoms with Crippen molar-refractivity contribution in [1.29, 1.82) is 0 Å². The van der Waals surface area contributed by atoms with Crippen LogP contribution in [-0.2, 0) is 24.1 Å². The van der Waals surface area contributed by atoms with E-state index in [4.69, 9.17) is 4.74 Å². The summed E-state index contributed by atoms with van der Waals surface area (Å²) in [5.41, 5.74) is -0.148. The van der Waals surface area contributed by atoms with Crippen LogP contribution in [0.5, 0.6) is 0 Å². The van der Waals surface area contributed by atoms with E-state index in [0.29, 0.717) is 18.2 Å². The Balaban J connectivity index is 1.48. The molecular formula is C17H20F3N3OS. The molecule has 4 nitrogen and oxygen atoms in total. The van der Waals surface area contributed by atoms with Gasteiger partial charge in [-0.05, 0) is 37.1 Å². The Bertz CT molecular complexity index is 684. The molecule has 0 saturated carbocycles. The maximum Gasteiger partial charge on any atom is 0.416 e. The molecular weight excluding hydrogens is 351 g/mol. The van der Waals surface area contributed by atoms with Crippen molar-refractivity contribution >= 4 is 16.5 Å². The second-order valence-corrected chi connectivity index (χ2v) is 7.13. The lowest BCUT2D eigenvalue weighted by Crippen LogP contribution is -2.38. The molecule has 1 atom stereocenters. The number of rotatable bonds is 6. The molecule has 0 radical (unpaired) electrons. The Hall–Kier alpha value is -1.64. The summed E-state index contributed by atoms with van der Waals surface area (Å²) in [6.45, 7) is 2.46. The molecule has 0 amide bonds. The van der Waals surface area contributed by atoms with Gasteiger partial charge in [-0.25, -0.2) is 4.98 Å².